The first-order chi connectivity index (χ1) is 9.19. The fraction of sp³-hybridized carbons (Fsp3) is 0.571. The number of hydrogen-bond acceptors (Lipinski definition) is 3. The van der Waals surface area contributed by atoms with Gasteiger partial charge in [0.1, 0.15) is 6.61 Å². The van der Waals surface area contributed by atoms with Crippen LogP contribution in [0.5, 0.6) is 5.75 Å². The van der Waals surface area contributed by atoms with Gasteiger partial charge in [0.05, 0.1) is 6.61 Å². The summed E-state index contributed by atoms with van der Waals surface area (Å²) in [6.07, 6.45) is 0.905. The molecule has 3 nitrogen and oxygen atoms in total. The van der Waals surface area contributed by atoms with Gasteiger partial charge in [-0.25, -0.2) is 8.78 Å². The molecule has 1 N–H and O–H groups in total. The topological polar surface area (TPSA) is 30.5 Å². The zero-order valence-corrected chi connectivity index (χ0v) is 11.5. The number of ether oxygens (including phenoxy) is 2. The van der Waals surface area contributed by atoms with Gasteiger partial charge < -0.3 is 14.8 Å². The Labute approximate surface area is 112 Å². The summed E-state index contributed by atoms with van der Waals surface area (Å²) in [5.74, 6) is -1.69. The molecule has 0 saturated carbocycles. The Bertz CT molecular complexity index is 363. The number of hydrogen-bond donors (Lipinski definition) is 1. The third-order valence-corrected chi connectivity index (χ3v) is 2.46. The molecule has 0 spiro atoms. The Morgan fingerprint density at radius 3 is 2.32 bits per heavy atom. The quantitative estimate of drug-likeness (QED) is 0.702. The predicted molar refractivity (Wildman–Crippen MR) is 70.3 cm³/mol. The highest BCUT2D eigenvalue weighted by atomic mass is 19.1. The van der Waals surface area contributed by atoms with E-state index in [1.165, 1.54) is 12.1 Å². The molecule has 0 aliphatic carbocycles. The maximum atomic E-state index is 13.7. The van der Waals surface area contributed by atoms with Gasteiger partial charge in [0.2, 0.25) is 0 Å². The van der Waals surface area contributed by atoms with Crippen molar-refractivity contribution in [3.63, 3.8) is 0 Å². The van der Waals surface area contributed by atoms with E-state index in [1.54, 1.807) is 0 Å². The fourth-order valence-corrected chi connectivity index (χ4v) is 1.57. The first-order valence-electron chi connectivity index (χ1n) is 6.58. The van der Waals surface area contributed by atoms with Crippen LogP contribution in [0.2, 0.25) is 0 Å². The molecule has 0 bridgehead atoms. The molecule has 0 amide bonds. The third kappa shape index (κ3) is 5.53. The molecule has 0 atom stereocenters. The lowest BCUT2D eigenvalue weighted by molar-refractivity contribution is 0.0975. The molecule has 0 aromatic heterocycles. The van der Waals surface area contributed by atoms with Crippen LogP contribution < -0.4 is 10.1 Å². The normalized spacial score (nSPS) is 10.7. The van der Waals surface area contributed by atoms with Crippen LogP contribution in [0, 0.1) is 11.6 Å². The lowest BCUT2D eigenvalue weighted by Gasteiger charge is -2.10. The van der Waals surface area contributed by atoms with Crippen LogP contribution in [0.15, 0.2) is 12.1 Å². The van der Waals surface area contributed by atoms with Crippen LogP contribution >= 0.6 is 0 Å². The first kappa shape index (κ1) is 15.9. The molecular weight excluding hydrogens is 252 g/mol. The van der Waals surface area contributed by atoms with Crippen LogP contribution in [0.4, 0.5) is 8.78 Å². The van der Waals surface area contributed by atoms with Gasteiger partial charge in [-0.2, -0.15) is 0 Å². The second-order valence-corrected chi connectivity index (χ2v) is 4.13. The average Bonchev–Trinajstić information content (AvgIpc) is 2.38. The van der Waals surface area contributed by atoms with Crippen molar-refractivity contribution in [2.45, 2.75) is 26.8 Å². The molecule has 0 aliphatic rings. The Hall–Kier alpha value is -1.20. The van der Waals surface area contributed by atoms with Crippen molar-refractivity contribution in [2.75, 3.05) is 26.4 Å². The molecule has 0 radical (unpaired) electrons. The van der Waals surface area contributed by atoms with Crippen molar-refractivity contribution in [3.05, 3.63) is 29.3 Å². The standard InChI is InChI=1S/C14H21F2NO2/c1-3-5-18-6-7-19-14-12(15)8-11(9-13(14)16)10-17-4-2/h8-9,17H,3-7,10H2,1-2H3. The summed E-state index contributed by atoms with van der Waals surface area (Å²) in [5, 5.41) is 3.01. The SMILES string of the molecule is CCCOCCOc1c(F)cc(CNCC)cc1F. The van der Waals surface area contributed by atoms with Gasteiger partial charge in [0, 0.05) is 13.2 Å². The monoisotopic (exact) mass is 273 g/mol. The van der Waals surface area contributed by atoms with E-state index >= 15 is 0 Å². The van der Waals surface area contributed by atoms with Gasteiger partial charge in [-0.15, -0.1) is 0 Å². The number of halogens is 2. The minimum atomic E-state index is -0.677. The summed E-state index contributed by atoms with van der Waals surface area (Å²) in [6.45, 7) is 6.19. The lowest BCUT2D eigenvalue weighted by atomic mass is 10.2. The van der Waals surface area contributed by atoms with Crippen LogP contribution in [-0.4, -0.2) is 26.4 Å². The van der Waals surface area contributed by atoms with Gasteiger partial charge in [0.15, 0.2) is 17.4 Å². The Morgan fingerprint density at radius 1 is 1.05 bits per heavy atom. The van der Waals surface area contributed by atoms with E-state index in [0.717, 1.165) is 13.0 Å². The minimum Gasteiger partial charge on any atom is -0.485 e. The van der Waals surface area contributed by atoms with Gasteiger partial charge in [-0.1, -0.05) is 13.8 Å². The lowest BCUT2D eigenvalue weighted by Crippen LogP contribution is -2.13. The van der Waals surface area contributed by atoms with E-state index in [4.69, 9.17) is 9.47 Å². The molecular formula is C14H21F2NO2. The van der Waals surface area contributed by atoms with E-state index in [2.05, 4.69) is 5.32 Å². The molecule has 0 saturated heterocycles. The largest absolute Gasteiger partial charge is 0.485 e. The smallest absolute Gasteiger partial charge is 0.190 e. The second-order valence-electron chi connectivity index (χ2n) is 4.13. The third-order valence-electron chi connectivity index (χ3n) is 2.46. The van der Waals surface area contributed by atoms with E-state index in [0.29, 0.717) is 25.3 Å². The number of benzene rings is 1. The highest BCUT2D eigenvalue weighted by Crippen LogP contribution is 2.23. The molecule has 1 aromatic carbocycles. The number of rotatable bonds is 9. The molecule has 1 aromatic rings. The van der Waals surface area contributed by atoms with Gasteiger partial charge in [0.25, 0.3) is 0 Å². The van der Waals surface area contributed by atoms with E-state index in [9.17, 15) is 8.78 Å². The second kappa shape index (κ2) is 8.82. The average molecular weight is 273 g/mol. The summed E-state index contributed by atoms with van der Waals surface area (Å²) in [4.78, 5) is 0. The van der Waals surface area contributed by atoms with E-state index in [-0.39, 0.29) is 12.4 Å². The molecule has 5 heteroatoms. The summed E-state index contributed by atoms with van der Waals surface area (Å²) < 4.78 is 37.6. The van der Waals surface area contributed by atoms with Crippen molar-refractivity contribution in [1.82, 2.24) is 5.32 Å². The van der Waals surface area contributed by atoms with Crippen LogP contribution in [0.25, 0.3) is 0 Å². The van der Waals surface area contributed by atoms with Crippen molar-refractivity contribution in [1.29, 1.82) is 0 Å². The maximum absolute atomic E-state index is 13.7. The molecule has 108 valence electrons. The van der Waals surface area contributed by atoms with Crippen LogP contribution in [-0.2, 0) is 11.3 Å². The van der Waals surface area contributed by atoms with Gasteiger partial charge in [-0.05, 0) is 30.7 Å². The van der Waals surface area contributed by atoms with Crippen molar-refractivity contribution in [3.8, 4) is 5.75 Å². The zero-order chi connectivity index (χ0) is 14.1. The molecule has 19 heavy (non-hydrogen) atoms. The first-order valence-corrected chi connectivity index (χ1v) is 6.58. The fourth-order valence-electron chi connectivity index (χ4n) is 1.57. The Balaban J connectivity index is 2.53. The summed E-state index contributed by atoms with van der Waals surface area (Å²) in [7, 11) is 0. The summed E-state index contributed by atoms with van der Waals surface area (Å²) in [5.41, 5.74) is 0.562. The molecule has 1 rings (SSSR count). The van der Waals surface area contributed by atoms with E-state index < -0.39 is 11.6 Å². The van der Waals surface area contributed by atoms with Crippen LogP contribution in [0.3, 0.4) is 0 Å². The number of nitrogens with one attached hydrogen (secondary N) is 1. The van der Waals surface area contributed by atoms with Crippen molar-refractivity contribution < 1.29 is 18.3 Å². The van der Waals surface area contributed by atoms with E-state index in [1.807, 2.05) is 13.8 Å². The van der Waals surface area contributed by atoms with Crippen LogP contribution in [0.1, 0.15) is 25.8 Å². The zero-order valence-electron chi connectivity index (χ0n) is 11.5. The molecule has 0 aliphatic heterocycles. The Morgan fingerprint density at radius 2 is 1.74 bits per heavy atom. The summed E-state index contributed by atoms with van der Waals surface area (Å²) in [6, 6.07) is 2.57. The van der Waals surface area contributed by atoms with Crippen molar-refractivity contribution >= 4 is 0 Å². The summed E-state index contributed by atoms with van der Waals surface area (Å²) >= 11 is 0. The van der Waals surface area contributed by atoms with Gasteiger partial charge >= 0.3 is 0 Å². The maximum Gasteiger partial charge on any atom is 0.190 e. The van der Waals surface area contributed by atoms with Gasteiger partial charge in [-0.3, -0.25) is 0 Å². The molecule has 0 unspecified atom stereocenters. The molecule has 0 heterocycles. The van der Waals surface area contributed by atoms with Crippen molar-refractivity contribution in [2.24, 2.45) is 0 Å². The predicted octanol–water partition coefficient (Wildman–Crippen LogP) is 2.88. The molecule has 0 fully saturated rings. The highest BCUT2D eigenvalue weighted by molar-refractivity contribution is 5.31. The Kier molecular flexibility index (Phi) is 7.36. The minimum absolute atomic E-state index is 0.139. The highest BCUT2D eigenvalue weighted by Gasteiger charge is 2.12.